The zero-order valence-corrected chi connectivity index (χ0v) is 14.7. The molecule has 0 radical (unpaired) electrons. The highest BCUT2D eigenvalue weighted by Gasteiger charge is 2.18. The minimum atomic E-state index is -0.561. The average molecular weight is 345 g/mol. The molecule has 0 saturated heterocycles. The van der Waals surface area contributed by atoms with Crippen LogP contribution < -0.4 is 5.32 Å². The third-order valence-corrected chi connectivity index (χ3v) is 3.82. The maximum absolute atomic E-state index is 12.3. The number of carbonyl (C=O) groups is 3. The van der Waals surface area contributed by atoms with Crippen molar-refractivity contribution in [1.82, 2.24) is 14.8 Å². The number of nitrogens with one attached hydrogen (secondary N) is 1. The van der Waals surface area contributed by atoms with Gasteiger partial charge in [-0.2, -0.15) is 0 Å². The summed E-state index contributed by atoms with van der Waals surface area (Å²) < 4.78 is 6.95. The minimum absolute atomic E-state index is 0.0648. The summed E-state index contributed by atoms with van der Waals surface area (Å²) in [5.41, 5.74) is 1.32. The lowest BCUT2D eigenvalue weighted by molar-refractivity contribution is -0.137. The maximum atomic E-state index is 12.3. The molecule has 0 atom stereocenters. The Bertz CT molecular complexity index is 782. The van der Waals surface area contributed by atoms with Crippen LogP contribution in [0.3, 0.4) is 0 Å². The van der Waals surface area contributed by atoms with E-state index >= 15 is 0 Å². The van der Waals surface area contributed by atoms with Gasteiger partial charge < -0.3 is 19.5 Å². The minimum Gasteiger partial charge on any atom is -0.452 e. The van der Waals surface area contributed by atoms with Gasteiger partial charge in [0.05, 0.1) is 12.1 Å². The van der Waals surface area contributed by atoms with Gasteiger partial charge in [-0.15, -0.1) is 0 Å². The van der Waals surface area contributed by atoms with Crippen molar-refractivity contribution in [1.29, 1.82) is 0 Å². The summed E-state index contributed by atoms with van der Waals surface area (Å²) in [4.78, 5) is 37.1. The van der Waals surface area contributed by atoms with E-state index in [0.29, 0.717) is 12.1 Å². The van der Waals surface area contributed by atoms with E-state index in [4.69, 9.17) is 4.74 Å². The molecule has 2 rings (SSSR count). The predicted molar refractivity (Wildman–Crippen MR) is 94.1 cm³/mol. The number of aromatic nitrogens is 1. The molecule has 0 unspecified atom stereocenters. The van der Waals surface area contributed by atoms with Gasteiger partial charge in [-0.3, -0.25) is 9.59 Å². The van der Waals surface area contributed by atoms with E-state index in [9.17, 15) is 14.4 Å². The van der Waals surface area contributed by atoms with E-state index in [2.05, 4.69) is 5.32 Å². The average Bonchev–Trinajstić information content (AvgIpc) is 2.94. The number of benzene rings is 1. The fourth-order valence-corrected chi connectivity index (χ4v) is 2.44. The Labute approximate surface area is 146 Å². The third kappa shape index (κ3) is 4.59. The van der Waals surface area contributed by atoms with Gasteiger partial charge in [0, 0.05) is 37.7 Å². The van der Waals surface area contributed by atoms with Gasteiger partial charge in [0.1, 0.15) is 0 Å². The highest BCUT2D eigenvalue weighted by atomic mass is 16.5. The van der Waals surface area contributed by atoms with Gasteiger partial charge in [-0.05, 0) is 12.5 Å². The molecule has 0 spiro atoms. The first kappa shape index (κ1) is 18.5. The zero-order chi connectivity index (χ0) is 18.4. The highest BCUT2D eigenvalue weighted by molar-refractivity contribution is 6.04. The van der Waals surface area contributed by atoms with Gasteiger partial charge in [0.2, 0.25) is 5.91 Å². The van der Waals surface area contributed by atoms with Gasteiger partial charge in [-0.1, -0.05) is 25.1 Å². The van der Waals surface area contributed by atoms with Gasteiger partial charge in [-0.25, -0.2) is 4.79 Å². The number of rotatable bonds is 7. The van der Waals surface area contributed by atoms with E-state index < -0.39 is 18.5 Å². The first-order chi connectivity index (χ1) is 11.9. The van der Waals surface area contributed by atoms with Gasteiger partial charge in [0.25, 0.3) is 5.91 Å². The molecule has 1 N–H and O–H groups in total. The Kier molecular flexibility index (Phi) is 6.16. The predicted octanol–water partition coefficient (Wildman–Crippen LogP) is 1.32. The van der Waals surface area contributed by atoms with E-state index in [0.717, 1.165) is 17.3 Å². The Morgan fingerprint density at radius 2 is 1.96 bits per heavy atom. The SMILES string of the molecule is CCCNC(=O)CN(C)C(=O)COC(=O)c1cn(C)c2ccccc12. The summed E-state index contributed by atoms with van der Waals surface area (Å²) >= 11 is 0. The van der Waals surface area contributed by atoms with E-state index in [1.807, 2.05) is 42.8 Å². The molecule has 7 heteroatoms. The van der Waals surface area contributed by atoms with Crippen LogP contribution in [0.4, 0.5) is 0 Å². The number of carbonyl (C=O) groups excluding carboxylic acids is 3. The van der Waals surface area contributed by atoms with Gasteiger partial charge >= 0.3 is 5.97 Å². The standard InChI is InChI=1S/C18H23N3O4/c1-4-9-19-16(22)11-21(3)17(23)12-25-18(24)14-10-20(2)15-8-6-5-7-13(14)15/h5-8,10H,4,9,11-12H2,1-3H3,(H,19,22). The Balaban J connectivity index is 1.92. The molecule has 0 aliphatic rings. The molecular weight excluding hydrogens is 322 g/mol. The first-order valence-corrected chi connectivity index (χ1v) is 8.16. The largest absolute Gasteiger partial charge is 0.452 e. The fraction of sp³-hybridized carbons (Fsp3) is 0.389. The Hall–Kier alpha value is -2.83. The quantitative estimate of drug-likeness (QED) is 0.768. The smallest absolute Gasteiger partial charge is 0.340 e. The summed E-state index contributed by atoms with van der Waals surface area (Å²) in [6, 6.07) is 7.46. The summed E-state index contributed by atoms with van der Waals surface area (Å²) in [5.74, 6) is -1.23. The van der Waals surface area contributed by atoms with E-state index in [-0.39, 0.29) is 12.5 Å². The molecule has 134 valence electrons. The number of esters is 1. The topological polar surface area (TPSA) is 80.6 Å². The van der Waals surface area contributed by atoms with Crippen molar-refractivity contribution >= 4 is 28.7 Å². The normalized spacial score (nSPS) is 10.5. The van der Waals surface area contributed by atoms with Gasteiger partial charge in [0.15, 0.2) is 6.61 Å². The van der Waals surface area contributed by atoms with Crippen molar-refractivity contribution in [2.45, 2.75) is 13.3 Å². The zero-order valence-electron chi connectivity index (χ0n) is 14.7. The van der Waals surface area contributed by atoms with Crippen LogP contribution in [0.2, 0.25) is 0 Å². The van der Waals surface area contributed by atoms with Crippen LogP contribution in [0.15, 0.2) is 30.5 Å². The number of hydrogen-bond donors (Lipinski definition) is 1. The molecule has 2 aromatic rings. The number of ether oxygens (including phenoxy) is 1. The maximum Gasteiger partial charge on any atom is 0.340 e. The third-order valence-electron chi connectivity index (χ3n) is 3.82. The van der Waals surface area contributed by atoms with Crippen LogP contribution >= 0.6 is 0 Å². The number of fused-ring (bicyclic) bond motifs is 1. The van der Waals surface area contributed by atoms with E-state index in [1.165, 1.54) is 11.9 Å². The van der Waals surface area contributed by atoms with Crippen LogP contribution in [0.5, 0.6) is 0 Å². The van der Waals surface area contributed by atoms with Crippen molar-refractivity contribution in [2.24, 2.45) is 7.05 Å². The molecule has 0 aliphatic carbocycles. The number of nitrogens with zero attached hydrogens (tertiary/aromatic N) is 2. The van der Waals surface area contributed by atoms with Crippen LogP contribution in [-0.4, -0.2) is 54.0 Å². The van der Waals surface area contributed by atoms with Crippen LogP contribution in [0.25, 0.3) is 10.9 Å². The van der Waals surface area contributed by atoms with Crippen LogP contribution in [0, 0.1) is 0 Å². The lowest BCUT2D eigenvalue weighted by atomic mass is 10.2. The number of amides is 2. The van der Waals surface area contributed by atoms with E-state index in [1.54, 1.807) is 6.20 Å². The molecule has 25 heavy (non-hydrogen) atoms. The molecule has 0 bridgehead atoms. The molecule has 1 aromatic heterocycles. The second-order valence-electron chi connectivity index (χ2n) is 5.85. The fourth-order valence-electron chi connectivity index (χ4n) is 2.44. The Morgan fingerprint density at radius 3 is 2.68 bits per heavy atom. The molecule has 7 nitrogen and oxygen atoms in total. The summed E-state index contributed by atoms with van der Waals surface area (Å²) in [6.07, 6.45) is 2.51. The summed E-state index contributed by atoms with van der Waals surface area (Å²) in [6.45, 7) is 2.04. The molecule has 0 fully saturated rings. The number of likely N-dealkylation sites (N-methyl/N-ethyl adjacent to an activating group) is 1. The monoisotopic (exact) mass is 345 g/mol. The molecule has 0 aliphatic heterocycles. The molecule has 2 amide bonds. The lowest BCUT2D eigenvalue weighted by Gasteiger charge is -2.16. The van der Waals surface area contributed by atoms with Crippen LogP contribution in [0.1, 0.15) is 23.7 Å². The summed E-state index contributed by atoms with van der Waals surface area (Å²) in [5, 5.41) is 3.46. The van der Waals surface area contributed by atoms with Crippen molar-refractivity contribution in [3.63, 3.8) is 0 Å². The molecular formula is C18H23N3O4. The van der Waals surface area contributed by atoms with Crippen LogP contribution in [-0.2, 0) is 21.4 Å². The van der Waals surface area contributed by atoms with Crippen molar-refractivity contribution < 1.29 is 19.1 Å². The van der Waals surface area contributed by atoms with Crippen molar-refractivity contribution in [3.8, 4) is 0 Å². The second-order valence-corrected chi connectivity index (χ2v) is 5.85. The van der Waals surface area contributed by atoms with Crippen molar-refractivity contribution in [2.75, 3.05) is 26.7 Å². The number of para-hydroxylation sites is 1. The number of hydrogen-bond acceptors (Lipinski definition) is 4. The lowest BCUT2D eigenvalue weighted by Crippen LogP contribution is -2.40. The molecule has 1 aromatic carbocycles. The van der Waals surface area contributed by atoms with Crippen molar-refractivity contribution in [3.05, 3.63) is 36.0 Å². The Morgan fingerprint density at radius 1 is 1.24 bits per heavy atom. The second kappa shape index (κ2) is 8.32. The summed E-state index contributed by atoms with van der Waals surface area (Å²) in [7, 11) is 3.34. The highest BCUT2D eigenvalue weighted by Crippen LogP contribution is 2.20. The molecule has 1 heterocycles. The molecule has 0 saturated carbocycles. The first-order valence-electron chi connectivity index (χ1n) is 8.16. The number of aryl methyl sites for hydroxylation is 1.